The van der Waals surface area contributed by atoms with E-state index in [2.05, 4.69) is 10.1 Å². The van der Waals surface area contributed by atoms with Gasteiger partial charge in [-0.2, -0.15) is 31.6 Å². The van der Waals surface area contributed by atoms with Crippen LogP contribution in [-0.2, 0) is 4.74 Å². The highest BCUT2D eigenvalue weighted by Gasteiger charge is 2.57. The lowest BCUT2D eigenvalue weighted by molar-refractivity contribution is -0.321. The van der Waals surface area contributed by atoms with Gasteiger partial charge in [-0.3, -0.25) is 5.32 Å². The van der Waals surface area contributed by atoms with Gasteiger partial charge in [-0.1, -0.05) is 0 Å². The van der Waals surface area contributed by atoms with E-state index in [0.29, 0.717) is 0 Å². The topological polar surface area (TPSA) is 45.0 Å². The van der Waals surface area contributed by atoms with Crippen LogP contribution in [0.4, 0.5) is 26.3 Å². The second-order valence-electron chi connectivity index (χ2n) is 4.13. The minimum atomic E-state index is -5.52. The third-order valence-corrected chi connectivity index (χ3v) is 1.98. The van der Waals surface area contributed by atoms with Crippen LogP contribution in [0.3, 0.4) is 0 Å². The molecule has 0 heterocycles. The lowest BCUT2D eigenvalue weighted by Gasteiger charge is -2.23. The molecule has 0 aliphatic rings. The molecule has 0 bridgehead atoms. The number of halogens is 6. The molecule has 0 aromatic carbocycles. The molecule has 3 nitrogen and oxygen atoms in total. The third kappa shape index (κ3) is 7.22. The van der Waals surface area contributed by atoms with Crippen molar-refractivity contribution in [2.75, 3.05) is 6.61 Å². The van der Waals surface area contributed by atoms with Crippen molar-refractivity contribution in [3.05, 3.63) is 0 Å². The Hall–Kier alpha value is -1.01. The summed E-state index contributed by atoms with van der Waals surface area (Å²) < 4.78 is 76.5. The molecular weight excluding hydrogens is 278 g/mol. The van der Waals surface area contributed by atoms with Crippen LogP contribution in [0.1, 0.15) is 20.3 Å². The second-order valence-corrected chi connectivity index (χ2v) is 4.13. The van der Waals surface area contributed by atoms with Crippen molar-refractivity contribution in [2.24, 2.45) is 0 Å². The molecule has 0 spiro atoms. The molecule has 0 aromatic rings. The van der Waals surface area contributed by atoms with E-state index in [1.165, 1.54) is 0 Å². The average molecular weight is 292 g/mol. The molecule has 0 saturated heterocycles. The van der Waals surface area contributed by atoms with E-state index in [0.717, 1.165) is 0 Å². The van der Waals surface area contributed by atoms with Gasteiger partial charge in [0, 0.05) is 6.04 Å². The molecule has 1 unspecified atom stereocenters. The van der Waals surface area contributed by atoms with E-state index in [1.807, 2.05) is 0 Å². The normalized spacial score (nSPS) is 14.8. The van der Waals surface area contributed by atoms with E-state index >= 15 is 0 Å². The highest BCUT2D eigenvalue weighted by Crippen LogP contribution is 2.35. The Bertz CT molecular complexity index is 293. The van der Waals surface area contributed by atoms with Gasteiger partial charge in [-0.05, 0) is 20.3 Å². The molecule has 0 rings (SSSR count). The molecule has 0 fully saturated rings. The van der Waals surface area contributed by atoms with Crippen LogP contribution >= 0.6 is 0 Å². The van der Waals surface area contributed by atoms with Gasteiger partial charge in [-0.15, -0.1) is 0 Å². The van der Waals surface area contributed by atoms with Crippen LogP contribution < -0.4 is 5.32 Å². The Balaban J connectivity index is 4.40. The number of nitriles is 1. The summed E-state index contributed by atoms with van der Waals surface area (Å²) in [6, 6.07) is 0.752. The fraction of sp³-hybridized carbons (Fsp3) is 0.900. The number of hydrogen-bond acceptors (Lipinski definition) is 3. The molecule has 9 heteroatoms. The van der Waals surface area contributed by atoms with Gasteiger partial charge in [0.05, 0.1) is 18.7 Å². The minimum Gasteiger partial charge on any atom is -0.361 e. The Morgan fingerprint density at radius 2 is 1.58 bits per heavy atom. The zero-order valence-corrected chi connectivity index (χ0v) is 10.3. The van der Waals surface area contributed by atoms with Crippen molar-refractivity contribution in [2.45, 2.75) is 50.8 Å². The number of nitrogens with zero attached hydrogens (tertiary/aromatic N) is 1. The van der Waals surface area contributed by atoms with Crippen LogP contribution in [-0.4, -0.2) is 37.1 Å². The summed E-state index contributed by atoms with van der Waals surface area (Å²) in [4.78, 5) is 0. The fourth-order valence-corrected chi connectivity index (χ4v) is 1.27. The monoisotopic (exact) mass is 292 g/mol. The lowest BCUT2D eigenvalue weighted by Crippen LogP contribution is -2.45. The van der Waals surface area contributed by atoms with E-state index in [4.69, 9.17) is 5.26 Å². The van der Waals surface area contributed by atoms with Crippen LogP contribution in [0.15, 0.2) is 0 Å². The Kier molecular flexibility index (Phi) is 6.59. The van der Waals surface area contributed by atoms with Gasteiger partial charge in [0.2, 0.25) is 6.10 Å². The van der Waals surface area contributed by atoms with Crippen molar-refractivity contribution >= 4 is 0 Å². The summed E-state index contributed by atoms with van der Waals surface area (Å²) in [5.74, 6) is 0. The maximum Gasteiger partial charge on any atom is 0.423 e. The van der Waals surface area contributed by atoms with Crippen LogP contribution in [0, 0.1) is 11.3 Å². The molecule has 1 N–H and O–H groups in total. The van der Waals surface area contributed by atoms with Crippen molar-refractivity contribution in [3.63, 3.8) is 0 Å². The first-order chi connectivity index (χ1) is 8.48. The van der Waals surface area contributed by atoms with E-state index in [-0.39, 0.29) is 12.5 Å². The zero-order chi connectivity index (χ0) is 15.3. The SMILES string of the molecule is CC(C)NC(C#N)CCOC(C(F)(F)F)C(F)(F)F. The lowest BCUT2D eigenvalue weighted by atomic mass is 10.2. The molecule has 0 aliphatic carbocycles. The summed E-state index contributed by atoms with van der Waals surface area (Å²) in [5, 5.41) is 11.3. The van der Waals surface area contributed by atoms with Gasteiger partial charge in [-0.25, -0.2) is 0 Å². The first-order valence-electron chi connectivity index (χ1n) is 5.39. The summed E-state index contributed by atoms with van der Waals surface area (Å²) in [5.41, 5.74) is 0. The Labute approximate surface area is 106 Å². The summed E-state index contributed by atoms with van der Waals surface area (Å²) in [6.07, 6.45) is -15.1. The Morgan fingerprint density at radius 1 is 1.11 bits per heavy atom. The maximum atomic E-state index is 12.1. The van der Waals surface area contributed by atoms with E-state index in [9.17, 15) is 26.3 Å². The smallest absolute Gasteiger partial charge is 0.361 e. The molecule has 0 amide bonds. The second kappa shape index (κ2) is 6.96. The van der Waals surface area contributed by atoms with Gasteiger partial charge >= 0.3 is 12.4 Å². The largest absolute Gasteiger partial charge is 0.423 e. The number of alkyl halides is 6. The predicted molar refractivity (Wildman–Crippen MR) is 54.1 cm³/mol. The maximum absolute atomic E-state index is 12.1. The van der Waals surface area contributed by atoms with Crippen LogP contribution in [0.2, 0.25) is 0 Å². The van der Waals surface area contributed by atoms with Crippen molar-refractivity contribution < 1.29 is 31.1 Å². The molecular formula is C10H14F6N2O. The average Bonchev–Trinajstić information content (AvgIpc) is 2.18. The first-order valence-corrected chi connectivity index (χ1v) is 5.39. The highest BCUT2D eigenvalue weighted by atomic mass is 19.4. The molecule has 0 aliphatic heterocycles. The Morgan fingerprint density at radius 3 is 1.89 bits per heavy atom. The molecule has 0 aromatic heterocycles. The standard InChI is InChI=1S/C10H14F6N2O/c1-6(2)18-7(5-17)3-4-19-8(9(11,12)13)10(14,15)16/h6-8,18H,3-4H2,1-2H3. The fourth-order valence-electron chi connectivity index (χ4n) is 1.27. The molecule has 112 valence electrons. The van der Waals surface area contributed by atoms with Crippen molar-refractivity contribution in [1.82, 2.24) is 5.32 Å². The molecule has 1 atom stereocenters. The first kappa shape index (κ1) is 18.0. The predicted octanol–water partition coefficient (Wildman–Crippen LogP) is 2.78. The zero-order valence-electron chi connectivity index (χ0n) is 10.3. The number of hydrogen-bond donors (Lipinski definition) is 1. The van der Waals surface area contributed by atoms with Crippen molar-refractivity contribution in [1.29, 1.82) is 5.26 Å². The number of nitrogens with one attached hydrogen (secondary N) is 1. The highest BCUT2D eigenvalue weighted by molar-refractivity contribution is 4.90. The van der Waals surface area contributed by atoms with Gasteiger partial charge in [0.15, 0.2) is 0 Å². The molecule has 0 saturated carbocycles. The van der Waals surface area contributed by atoms with Gasteiger partial charge in [0.25, 0.3) is 0 Å². The van der Waals surface area contributed by atoms with Crippen molar-refractivity contribution in [3.8, 4) is 6.07 Å². The summed E-state index contributed by atoms with van der Waals surface area (Å²) in [6.45, 7) is 2.57. The molecule has 0 radical (unpaired) electrons. The van der Waals surface area contributed by atoms with Gasteiger partial charge in [0.1, 0.15) is 0 Å². The van der Waals surface area contributed by atoms with E-state index < -0.39 is 31.1 Å². The van der Waals surface area contributed by atoms with Crippen LogP contribution in [0.25, 0.3) is 0 Å². The minimum absolute atomic E-state index is 0.120. The van der Waals surface area contributed by atoms with Gasteiger partial charge < -0.3 is 4.74 Å². The van der Waals surface area contributed by atoms with E-state index in [1.54, 1.807) is 19.9 Å². The molecule has 19 heavy (non-hydrogen) atoms. The van der Waals surface area contributed by atoms with Crippen LogP contribution in [0.5, 0.6) is 0 Å². The summed E-state index contributed by atoms with van der Waals surface area (Å²) >= 11 is 0. The number of ether oxygens (including phenoxy) is 1. The third-order valence-electron chi connectivity index (χ3n) is 1.98. The quantitative estimate of drug-likeness (QED) is 0.766. The summed E-state index contributed by atoms with van der Waals surface area (Å²) in [7, 11) is 0. The number of rotatable bonds is 6.